The molecule has 0 saturated heterocycles. The molecule has 8 saturated carbocycles. The van der Waals surface area contributed by atoms with Crippen molar-refractivity contribution in [3.05, 3.63) is 0 Å². The molecule has 62 heavy (non-hydrogen) atoms. The first-order chi connectivity index (χ1) is 30.5. The van der Waals surface area contributed by atoms with Gasteiger partial charge >= 0.3 is 0 Å². The summed E-state index contributed by atoms with van der Waals surface area (Å²) in [4.78, 5) is 6.73. The third kappa shape index (κ3) is 12.3. The summed E-state index contributed by atoms with van der Waals surface area (Å²) in [7, 11) is 0. The van der Waals surface area contributed by atoms with Crippen LogP contribution >= 0.6 is 0 Å². The first kappa shape index (κ1) is 48.3. The molecular weight excluding hydrogens is 757 g/mol. The monoisotopic (exact) mass is 861 g/mol. The highest BCUT2D eigenvalue weighted by Gasteiger charge is 2.58. The van der Waals surface area contributed by atoms with Crippen LogP contribution in [0.15, 0.2) is 0 Å². The molecule has 0 radical (unpaired) electrons. The molecule has 0 aromatic rings. The number of rotatable bonds is 22. The lowest BCUT2D eigenvalue weighted by Crippen LogP contribution is -2.64. The highest BCUT2D eigenvalue weighted by molar-refractivity contribution is 5.10. The average molecular weight is 861 g/mol. The van der Waals surface area contributed by atoms with Gasteiger partial charge in [0, 0.05) is 49.5 Å². The fourth-order valence-corrected chi connectivity index (χ4v) is 17.0. The fourth-order valence-electron chi connectivity index (χ4n) is 17.0. The topological polar surface area (TPSA) is 24.9 Å². The summed E-state index contributed by atoms with van der Waals surface area (Å²) in [6.45, 7) is 11.8. The van der Waals surface area contributed by atoms with E-state index in [1.165, 1.54) is 193 Å². The quantitative estimate of drug-likeness (QED) is 0.101. The summed E-state index contributed by atoms with van der Waals surface area (Å²) in [6, 6.07) is 5.06. The molecule has 4 heteroatoms. The molecule has 358 valence electrons. The SMILES string of the molecule is CCCCCCCCOC1CCC(N(C2CCC(C)CC2)C2CCC3CCC4C5C(CCC2C35)CCC4N(C2CCC(C)CC2)C2CCC(OCCCCCCCC)CC2)CC1. The number of nitrogens with zero attached hydrogens (tertiary/aromatic N) is 2. The first-order valence-corrected chi connectivity index (χ1v) is 29.3. The summed E-state index contributed by atoms with van der Waals surface area (Å²) < 4.78 is 13.3. The van der Waals surface area contributed by atoms with Gasteiger partial charge in [-0.05, 0) is 214 Å². The van der Waals surface area contributed by atoms with Gasteiger partial charge in [0.1, 0.15) is 0 Å². The number of ether oxygens (including phenoxy) is 2. The molecule has 4 nitrogen and oxygen atoms in total. The molecule has 8 aliphatic carbocycles. The van der Waals surface area contributed by atoms with Crippen molar-refractivity contribution in [1.82, 2.24) is 9.80 Å². The minimum atomic E-state index is 0.530. The van der Waals surface area contributed by atoms with E-state index in [9.17, 15) is 0 Å². The van der Waals surface area contributed by atoms with Crippen LogP contribution in [0.2, 0.25) is 0 Å². The third-order valence-corrected chi connectivity index (χ3v) is 20.3. The van der Waals surface area contributed by atoms with Gasteiger partial charge in [0.05, 0.1) is 12.2 Å². The zero-order chi connectivity index (χ0) is 42.7. The predicted molar refractivity (Wildman–Crippen MR) is 263 cm³/mol. The van der Waals surface area contributed by atoms with Crippen molar-refractivity contribution in [3.8, 4) is 0 Å². The van der Waals surface area contributed by atoms with Gasteiger partial charge in [-0.25, -0.2) is 0 Å². The lowest BCUT2D eigenvalue weighted by molar-refractivity contribution is -0.151. The Hall–Kier alpha value is -0.160. The first-order valence-electron chi connectivity index (χ1n) is 29.3. The molecule has 0 amide bonds. The van der Waals surface area contributed by atoms with Gasteiger partial charge in [0.2, 0.25) is 0 Å². The van der Waals surface area contributed by atoms with E-state index in [4.69, 9.17) is 9.47 Å². The molecule has 0 aliphatic heterocycles. The lowest BCUT2D eigenvalue weighted by Gasteiger charge is -2.64. The maximum Gasteiger partial charge on any atom is 0.0576 e. The summed E-state index contributed by atoms with van der Waals surface area (Å²) in [5, 5.41) is 0. The Morgan fingerprint density at radius 2 is 0.661 bits per heavy atom. The van der Waals surface area contributed by atoms with Crippen LogP contribution in [-0.2, 0) is 9.47 Å². The maximum atomic E-state index is 6.63. The smallest absolute Gasteiger partial charge is 0.0576 e. The van der Waals surface area contributed by atoms with Gasteiger partial charge in [-0.15, -0.1) is 0 Å². The average Bonchev–Trinajstić information content (AvgIpc) is 3.30. The van der Waals surface area contributed by atoms with Crippen molar-refractivity contribution in [2.75, 3.05) is 13.2 Å². The zero-order valence-electron chi connectivity index (χ0n) is 41.8. The van der Waals surface area contributed by atoms with Crippen LogP contribution in [0.25, 0.3) is 0 Å². The van der Waals surface area contributed by atoms with E-state index < -0.39 is 0 Å². The second kappa shape index (κ2) is 24.7. The third-order valence-electron chi connectivity index (χ3n) is 20.3. The molecule has 8 unspecified atom stereocenters. The second-order valence-corrected chi connectivity index (χ2v) is 24.3. The molecule has 0 aromatic carbocycles. The second-order valence-electron chi connectivity index (χ2n) is 24.3. The molecule has 8 aliphatic rings. The Morgan fingerprint density at radius 1 is 0.339 bits per heavy atom. The number of hydrogen-bond acceptors (Lipinski definition) is 4. The molecule has 0 N–H and O–H groups in total. The van der Waals surface area contributed by atoms with Crippen LogP contribution < -0.4 is 0 Å². The molecule has 8 rings (SSSR count). The van der Waals surface area contributed by atoms with Crippen molar-refractivity contribution >= 4 is 0 Å². The summed E-state index contributed by atoms with van der Waals surface area (Å²) in [6.07, 6.45) is 52.6. The predicted octanol–water partition coefficient (Wildman–Crippen LogP) is 15.7. The van der Waals surface area contributed by atoms with Gasteiger partial charge in [0.15, 0.2) is 0 Å². The minimum absolute atomic E-state index is 0.530. The van der Waals surface area contributed by atoms with Crippen LogP contribution in [0.1, 0.15) is 259 Å². The molecule has 0 bridgehead atoms. The standard InChI is InChI=1S/C58H104N2O2/c1-5-7-9-11-13-15-41-61-51-33-29-49(30-34-51)59(47-25-17-43(3)18-26-47)55-39-23-45-22-38-54-56(40-24-46-21-37-53(55)57(45)58(46)54)60(48-27-19-44(4)20-28-48)50-31-35-52(36-32-50)62-42-16-14-12-10-8-6-2/h43-58H,5-42H2,1-4H3. The normalized spacial score (nSPS) is 41.3. The summed E-state index contributed by atoms with van der Waals surface area (Å²) >= 11 is 0. The molecule has 0 heterocycles. The van der Waals surface area contributed by atoms with Gasteiger partial charge in [-0.2, -0.15) is 0 Å². The van der Waals surface area contributed by atoms with Crippen LogP contribution in [0.4, 0.5) is 0 Å². The van der Waals surface area contributed by atoms with E-state index in [0.717, 1.165) is 96.8 Å². The van der Waals surface area contributed by atoms with Crippen molar-refractivity contribution < 1.29 is 9.47 Å². The molecular formula is C58H104N2O2. The van der Waals surface area contributed by atoms with Gasteiger partial charge in [0.25, 0.3) is 0 Å². The maximum absolute atomic E-state index is 6.63. The molecule has 8 atom stereocenters. The van der Waals surface area contributed by atoms with Crippen LogP contribution in [0.3, 0.4) is 0 Å². The van der Waals surface area contributed by atoms with E-state index in [0.29, 0.717) is 12.2 Å². The van der Waals surface area contributed by atoms with E-state index in [2.05, 4.69) is 37.5 Å². The fraction of sp³-hybridized carbons (Fsp3) is 1.00. The lowest BCUT2D eigenvalue weighted by atomic mass is 9.46. The molecule has 8 fully saturated rings. The van der Waals surface area contributed by atoms with Crippen molar-refractivity contribution in [1.29, 1.82) is 0 Å². The summed E-state index contributed by atoms with van der Waals surface area (Å²) in [5.41, 5.74) is 0. The van der Waals surface area contributed by atoms with Crippen molar-refractivity contribution in [2.24, 2.45) is 47.3 Å². The van der Waals surface area contributed by atoms with E-state index in [-0.39, 0.29) is 0 Å². The molecule has 0 spiro atoms. The van der Waals surface area contributed by atoms with Gasteiger partial charge < -0.3 is 9.47 Å². The van der Waals surface area contributed by atoms with E-state index >= 15 is 0 Å². The Kier molecular flexibility index (Phi) is 19.3. The van der Waals surface area contributed by atoms with Crippen LogP contribution in [0.5, 0.6) is 0 Å². The van der Waals surface area contributed by atoms with E-state index in [1.807, 2.05) is 0 Å². The highest BCUT2D eigenvalue weighted by atomic mass is 16.5. The highest BCUT2D eigenvalue weighted by Crippen LogP contribution is 2.62. The Bertz CT molecular complexity index is 1130. The zero-order valence-corrected chi connectivity index (χ0v) is 41.8. The molecule has 0 aromatic heterocycles. The van der Waals surface area contributed by atoms with Crippen molar-refractivity contribution in [3.63, 3.8) is 0 Å². The largest absolute Gasteiger partial charge is 0.378 e. The van der Waals surface area contributed by atoms with Gasteiger partial charge in [-0.3, -0.25) is 9.80 Å². The number of hydrogen-bond donors (Lipinski definition) is 0. The van der Waals surface area contributed by atoms with E-state index in [1.54, 1.807) is 38.5 Å². The Balaban J connectivity index is 0.933. The van der Waals surface area contributed by atoms with Gasteiger partial charge in [-0.1, -0.05) is 91.9 Å². The summed E-state index contributed by atoms with van der Waals surface area (Å²) in [5.74, 6) is 7.92. The number of unbranched alkanes of at least 4 members (excludes halogenated alkanes) is 10. The van der Waals surface area contributed by atoms with Crippen LogP contribution in [0, 0.1) is 47.3 Å². The Labute approximate surface area is 385 Å². The van der Waals surface area contributed by atoms with Crippen LogP contribution in [-0.4, -0.2) is 71.5 Å². The van der Waals surface area contributed by atoms with Crippen molar-refractivity contribution in [2.45, 2.75) is 307 Å². The minimum Gasteiger partial charge on any atom is -0.378 e. The Morgan fingerprint density at radius 3 is 1.03 bits per heavy atom.